The maximum atomic E-state index is 12.2. The monoisotopic (exact) mass is 398 g/mol. The highest BCUT2D eigenvalue weighted by Crippen LogP contribution is 2.68. The Labute approximate surface area is 172 Å². The minimum atomic E-state index is -1.06. The Morgan fingerprint density at radius 3 is 2.48 bits per heavy atom. The molecule has 0 amide bonds. The van der Waals surface area contributed by atoms with Crippen LogP contribution >= 0.6 is 0 Å². The van der Waals surface area contributed by atoms with Crippen LogP contribution in [-0.4, -0.2) is 30.4 Å². The van der Waals surface area contributed by atoms with Crippen LogP contribution in [0.5, 0.6) is 0 Å². The molecule has 0 heterocycles. The smallest absolute Gasteiger partial charge is 0.419 e. The van der Waals surface area contributed by atoms with E-state index >= 15 is 0 Å². The molecule has 4 aliphatic rings. The number of carbonyl (C=O) groups excluding carboxylic acids is 3. The first-order valence-corrected chi connectivity index (χ1v) is 10.7. The molecule has 0 N–H and O–H groups in total. The van der Waals surface area contributed by atoms with Gasteiger partial charge in [-0.25, -0.2) is 9.59 Å². The van der Waals surface area contributed by atoms with E-state index in [9.17, 15) is 14.4 Å². The highest BCUT2D eigenvalue weighted by atomic mass is 16.6. The lowest BCUT2D eigenvalue weighted by molar-refractivity contribution is -0.183. The maximum absolute atomic E-state index is 12.2. The predicted octanol–water partition coefficient (Wildman–Crippen LogP) is 3.61. The fourth-order valence-electron chi connectivity index (χ4n) is 7.28. The van der Waals surface area contributed by atoms with Crippen molar-refractivity contribution in [2.75, 3.05) is 7.11 Å². The number of ketones is 1. The summed E-state index contributed by atoms with van der Waals surface area (Å²) in [4.78, 5) is 35.9. The minimum Gasteiger partial charge on any atom is -0.461 e. The molecule has 0 aromatic carbocycles. The van der Waals surface area contributed by atoms with Crippen LogP contribution < -0.4 is 0 Å². The molecular formula is C24H30O5. The van der Waals surface area contributed by atoms with Crippen molar-refractivity contribution < 1.29 is 23.9 Å². The number of allylic oxidation sites excluding steroid dienone is 1. The van der Waals surface area contributed by atoms with Gasteiger partial charge in [0.05, 0.1) is 7.11 Å². The molecule has 5 nitrogen and oxygen atoms in total. The normalized spacial score (nSPS) is 43.2. The summed E-state index contributed by atoms with van der Waals surface area (Å²) in [6.07, 6.45) is 14.7. The number of ether oxygens (including phenoxy) is 2. The zero-order valence-electron chi connectivity index (χ0n) is 17.6. The van der Waals surface area contributed by atoms with Gasteiger partial charge in [-0.1, -0.05) is 25.3 Å². The van der Waals surface area contributed by atoms with Gasteiger partial charge < -0.3 is 9.47 Å². The Morgan fingerprint density at radius 2 is 1.79 bits per heavy atom. The number of hydrogen-bond donors (Lipinski definition) is 0. The lowest BCUT2D eigenvalue weighted by Gasteiger charge is -2.58. The molecule has 0 spiro atoms. The van der Waals surface area contributed by atoms with Crippen molar-refractivity contribution in [3.8, 4) is 12.3 Å². The molecule has 0 aliphatic heterocycles. The number of carbonyl (C=O) groups is 3. The number of fused-ring (bicyclic) bond motifs is 5. The van der Waals surface area contributed by atoms with Crippen LogP contribution in [0.1, 0.15) is 65.2 Å². The molecule has 3 saturated carbocycles. The SMILES string of the molecule is C#C[C@]1(OC(=O)C(=O)OC)CC[C@H]2[C@@H]3CCC4=CC(=O)CC[C@]4(C)[C@H]3CC[C@@]21C. The van der Waals surface area contributed by atoms with Gasteiger partial charge in [-0.3, -0.25) is 4.79 Å². The van der Waals surface area contributed by atoms with E-state index in [0.717, 1.165) is 38.5 Å². The molecule has 29 heavy (non-hydrogen) atoms. The number of methoxy groups -OCH3 is 1. The van der Waals surface area contributed by atoms with E-state index in [0.29, 0.717) is 30.6 Å². The number of esters is 2. The second kappa shape index (κ2) is 6.72. The summed E-state index contributed by atoms with van der Waals surface area (Å²) in [5.74, 6) is 2.41. The summed E-state index contributed by atoms with van der Waals surface area (Å²) in [5, 5.41) is 0. The Balaban J connectivity index is 1.64. The summed E-state index contributed by atoms with van der Waals surface area (Å²) in [5.41, 5.74) is 0.00149. The molecule has 156 valence electrons. The van der Waals surface area contributed by atoms with Crippen LogP contribution in [0.15, 0.2) is 11.6 Å². The average molecular weight is 398 g/mol. The second-order valence-electron chi connectivity index (χ2n) is 9.82. The van der Waals surface area contributed by atoms with Crippen molar-refractivity contribution >= 4 is 17.7 Å². The number of terminal acetylenes is 1. The van der Waals surface area contributed by atoms with Crippen LogP contribution in [0.3, 0.4) is 0 Å². The third-order valence-corrected chi connectivity index (χ3v) is 8.93. The van der Waals surface area contributed by atoms with Crippen LogP contribution in [-0.2, 0) is 23.9 Å². The van der Waals surface area contributed by atoms with E-state index in [1.165, 1.54) is 12.7 Å². The lowest BCUT2D eigenvalue weighted by atomic mass is 9.46. The van der Waals surface area contributed by atoms with Crippen molar-refractivity contribution in [2.45, 2.75) is 70.8 Å². The quantitative estimate of drug-likeness (QED) is 0.383. The second-order valence-corrected chi connectivity index (χ2v) is 9.82. The molecule has 0 aromatic heterocycles. The number of rotatable bonds is 1. The summed E-state index contributed by atoms with van der Waals surface area (Å²) < 4.78 is 10.2. The highest BCUT2D eigenvalue weighted by Gasteiger charge is 2.66. The third kappa shape index (κ3) is 2.71. The molecule has 0 saturated heterocycles. The van der Waals surface area contributed by atoms with E-state index in [1.807, 2.05) is 6.08 Å². The fraction of sp³-hybridized carbons (Fsp3) is 0.708. The first-order chi connectivity index (χ1) is 13.7. The molecule has 5 heteroatoms. The van der Waals surface area contributed by atoms with Crippen molar-refractivity contribution in [3.05, 3.63) is 11.6 Å². The Morgan fingerprint density at radius 1 is 1.07 bits per heavy atom. The van der Waals surface area contributed by atoms with E-state index in [2.05, 4.69) is 24.5 Å². The Bertz CT molecular complexity index is 835. The van der Waals surface area contributed by atoms with Crippen molar-refractivity contribution in [1.82, 2.24) is 0 Å². The Hall–Kier alpha value is -2.09. The summed E-state index contributed by atoms with van der Waals surface area (Å²) >= 11 is 0. The van der Waals surface area contributed by atoms with Crippen LogP contribution in [0.25, 0.3) is 0 Å². The van der Waals surface area contributed by atoms with Gasteiger partial charge in [-0.2, -0.15) is 0 Å². The standard InChI is InChI=1S/C24H30O5/c1-5-24(29-21(27)20(26)28-4)13-10-19-17-7-6-15-14-16(25)8-11-22(15,2)18(17)9-12-23(19,24)3/h1,14,17-19H,6-13H2,2-4H3/t17-,18+,19+,22+,23+,24+/m1/s1. The molecule has 0 bridgehead atoms. The maximum Gasteiger partial charge on any atom is 0.419 e. The Kier molecular flexibility index (Phi) is 4.68. The first-order valence-electron chi connectivity index (χ1n) is 10.7. The first kappa shape index (κ1) is 20.2. The van der Waals surface area contributed by atoms with Gasteiger partial charge in [-0.15, -0.1) is 6.42 Å². The lowest BCUT2D eigenvalue weighted by Crippen LogP contribution is -2.56. The molecule has 4 aliphatic carbocycles. The number of hydrogen-bond acceptors (Lipinski definition) is 5. The predicted molar refractivity (Wildman–Crippen MR) is 106 cm³/mol. The molecule has 3 fully saturated rings. The average Bonchev–Trinajstić information content (AvgIpc) is 3.00. The van der Waals surface area contributed by atoms with Crippen LogP contribution in [0.2, 0.25) is 0 Å². The third-order valence-electron chi connectivity index (χ3n) is 8.93. The molecule has 0 radical (unpaired) electrons. The molecule has 0 aromatic rings. The van der Waals surface area contributed by atoms with Crippen LogP contribution in [0, 0.1) is 40.9 Å². The van der Waals surface area contributed by atoms with Gasteiger partial charge in [0.25, 0.3) is 0 Å². The van der Waals surface area contributed by atoms with Crippen molar-refractivity contribution in [3.63, 3.8) is 0 Å². The van der Waals surface area contributed by atoms with Crippen molar-refractivity contribution in [1.29, 1.82) is 0 Å². The van der Waals surface area contributed by atoms with Gasteiger partial charge in [0.2, 0.25) is 0 Å². The molecule has 0 unspecified atom stereocenters. The zero-order chi connectivity index (χ0) is 21.0. The zero-order valence-corrected chi connectivity index (χ0v) is 17.6. The molecule has 4 rings (SSSR count). The summed E-state index contributed by atoms with van der Waals surface area (Å²) in [6.45, 7) is 4.48. The van der Waals surface area contributed by atoms with E-state index in [-0.39, 0.29) is 16.6 Å². The van der Waals surface area contributed by atoms with Gasteiger partial charge in [0, 0.05) is 11.8 Å². The summed E-state index contributed by atoms with van der Waals surface area (Å²) in [7, 11) is 1.17. The van der Waals surface area contributed by atoms with E-state index in [1.54, 1.807) is 0 Å². The topological polar surface area (TPSA) is 69.7 Å². The minimum absolute atomic E-state index is 0.0856. The van der Waals surface area contributed by atoms with Gasteiger partial charge in [0.15, 0.2) is 11.4 Å². The largest absolute Gasteiger partial charge is 0.461 e. The molecular weight excluding hydrogens is 368 g/mol. The summed E-state index contributed by atoms with van der Waals surface area (Å²) in [6, 6.07) is 0. The van der Waals surface area contributed by atoms with Gasteiger partial charge in [-0.05, 0) is 74.2 Å². The van der Waals surface area contributed by atoms with E-state index < -0.39 is 17.5 Å². The van der Waals surface area contributed by atoms with Crippen molar-refractivity contribution in [2.24, 2.45) is 28.6 Å². The molecule has 6 atom stereocenters. The van der Waals surface area contributed by atoms with Crippen LogP contribution in [0.4, 0.5) is 0 Å². The highest BCUT2D eigenvalue weighted by molar-refractivity contribution is 6.29. The van der Waals surface area contributed by atoms with E-state index in [4.69, 9.17) is 11.2 Å². The fourth-order valence-corrected chi connectivity index (χ4v) is 7.28. The van der Waals surface area contributed by atoms with Gasteiger partial charge in [0.1, 0.15) is 0 Å². The van der Waals surface area contributed by atoms with Gasteiger partial charge >= 0.3 is 11.9 Å².